The Hall–Kier alpha value is -1.67. The fourth-order valence-corrected chi connectivity index (χ4v) is 5.18. The van der Waals surface area contributed by atoms with Crippen LogP contribution in [0.15, 0.2) is 10.4 Å². The minimum Gasteiger partial charge on any atom is -0.359 e. The van der Waals surface area contributed by atoms with Crippen LogP contribution in [-0.2, 0) is 17.8 Å². The molecule has 0 aliphatic carbocycles. The number of nitrogens with zero attached hydrogens (tertiary/aromatic N) is 4. The number of guanidine groups is 1. The minimum absolute atomic E-state index is 0.155. The monoisotopic (exact) mass is 434 g/mol. The molecule has 2 aliphatic rings. The first-order valence-corrected chi connectivity index (χ1v) is 12.3. The van der Waals surface area contributed by atoms with Crippen LogP contribution in [0.25, 0.3) is 0 Å². The fraction of sp³-hybridized carbons (Fsp3) is 0.773. The van der Waals surface area contributed by atoms with Gasteiger partial charge in [0, 0.05) is 52.1 Å². The Bertz CT molecular complexity index is 690. The Morgan fingerprint density at radius 3 is 2.50 bits per heavy atom. The molecule has 0 bridgehead atoms. The number of hydrogen-bond donors (Lipinski definition) is 2. The zero-order valence-electron chi connectivity index (χ0n) is 18.8. The lowest BCUT2D eigenvalue weighted by molar-refractivity contribution is -0.121. The highest BCUT2D eigenvalue weighted by atomic mass is 32.1. The van der Waals surface area contributed by atoms with E-state index in [-0.39, 0.29) is 5.91 Å². The number of piperidine rings is 2. The first-order chi connectivity index (χ1) is 14.6. The number of likely N-dealkylation sites (tertiary alicyclic amines) is 2. The van der Waals surface area contributed by atoms with Gasteiger partial charge in [-0.15, -0.1) is 11.3 Å². The van der Waals surface area contributed by atoms with Gasteiger partial charge in [0.25, 0.3) is 0 Å². The van der Waals surface area contributed by atoms with Crippen molar-refractivity contribution in [2.75, 3.05) is 46.8 Å². The van der Waals surface area contributed by atoms with Gasteiger partial charge in [0.2, 0.25) is 5.91 Å². The largest absolute Gasteiger partial charge is 0.359 e. The molecule has 2 aliphatic heterocycles. The van der Waals surface area contributed by atoms with Gasteiger partial charge >= 0.3 is 0 Å². The Kier molecular flexibility index (Phi) is 8.93. The summed E-state index contributed by atoms with van der Waals surface area (Å²) in [6.07, 6.45) is 6.25. The number of amides is 1. The fourth-order valence-electron chi connectivity index (χ4n) is 4.44. The molecule has 0 spiro atoms. The van der Waals surface area contributed by atoms with Crippen LogP contribution in [0.2, 0.25) is 0 Å². The molecule has 1 aromatic heterocycles. The van der Waals surface area contributed by atoms with E-state index in [0.29, 0.717) is 18.3 Å². The molecule has 3 rings (SSSR count). The summed E-state index contributed by atoms with van der Waals surface area (Å²) in [4.78, 5) is 25.7. The predicted octanol–water partition coefficient (Wildman–Crippen LogP) is 2.34. The molecular formula is C22H38N6OS. The number of carbonyl (C=O) groups is 1. The summed E-state index contributed by atoms with van der Waals surface area (Å²) in [6.45, 7) is 8.41. The normalized spacial score (nSPS) is 19.8. The molecule has 2 N–H and O–H groups in total. The van der Waals surface area contributed by atoms with Gasteiger partial charge in [-0.25, -0.2) is 4.98 Å². The van der Waals surface area contributed by atoms with Crippen LogP contribution < -0.4 is 10.6 Å². The summed E-state index contributed by atoms with van der Waals surface area (Å²) in [5, 5.41) is 9.82. The van der Waals surface area contributed by atoms with Crippen LogP contribution in [0.3, 0.4) is 0 Å². The Morgan fingerprint density at radius 2 is 1.90 bits per heavy atom. The van der Waals surface area contributed by atoms with Gasteiger partial charge in [0.1, 0.15) is 0 Å². The van der Waals surface area contributed by atoms with Crippen molar-refractivity contribution in [2.24, 2.45) is 16.8 Å². The predicted molar refractivity (Wildman–Crippen MR) is 124 cm³/mol. The first-order valence-electron chi connectivity index (χ1n) is 11.4. The number of aliphatic imine (C=N–C) groups is 1. The number of rotatable bonds is 7. The number of carbonyl (C=O) groups excluding carboxylic acids is 1. The summed E-state index contributed by atoms with van der Waals surface area (Å²) in [5.74, 6) is 2.37. The van der Waals surface area contributed by atoms with Crippen LogP contribution in [0.4, 0.5) is 0 Å². The van der Waals surface area contributed by atoms with Crippen molar-refractivity contribution in [3.63, 3.8) is 0 Å². The lowest BCUT2D eigenvalue weighted by Crippen LogP contribution is -2.48. The second-order valence-corrected chi connectivity index (χ2v) is 9.48. The van der Waals surface area contributed by atoms with E-state index in [1.807, 2.05) is 7.05 Å². The molecule has 2 saturated heterocycles. The van der Waals surface area contributed by atoms with Crippen LogP contribution in [0, 0.1) is 11.8 Å². The average molecular weight is 435 g/mol. The van der Waals surface area contributed by atoms with Crippen LogP contribution >= 0.6 is 11.3 Å². The Balaban J connectivity index is 1.35. The Morgan fingerprint density at radius 1 is 1.20 bits per heavy atom. The second kappa shape index (κ2) is 11.6. The summed E-state index contributed by atoms with van der Waals surface area (Å²) < 4.78 is 0. The van der Waals surface area contributed by atoms with Gasteiger partial charge in [0.15, 0.2) is 5.96 Å². The molecule has 2 fully saturated rings. The van der Waals surface area contributed by atoms with Gasteiger partial charge in [-0.05, 0) is 57.0 Å². The minimum atomic E-state index is 0.155. The number of aryl methyl sites for hydroxylation is 1. The summed E-state index contributed by atoms with van der Waals surface area (Å²) in [5.41, 5.74) is 1.23. The smallest absolute Gasteiger partial charge is 0.220 e. The number of thiazole rings is 1. The van der Waals surface area contributed by atoms with Gasteiger partial charge in [-0.2, -0.15) is 0 Å². The lowest BCUT2D eigenvalue weighted by atomic mass is 9.93. The van der Waals surface area contributed by atoms with E-state index < -0.39 is 0 Å². The SMILES string of the molecule is CCc1nc(CN2CCC(CNC(=NC)N3CCC(CC(=O)NC)CC3)CC2)cs1. The maximum atomic E-state index is 11.6. The average Bonchev–Trinajstić information content (AvgIpc) is 3.24. The van der Waals surface area contributed by atoms with Crippen molar-refractivity contribution in [3.05, 3.63) is 16.1 Å². The zero-order chi connectivity index (χ0) is 21.3. The molecule has 8 heteroatoms. The number of hydrogen-bond acceptors (Lipinski definition) is 5. The molecule has 0 unspecified atom stereocenters. The third kappa shape index (κ3) is 6.67. The summed E-state index contributed by atoms with van der Waals surface area (Å²) in [7, 11) is 3.59. The van der Waals surface area contributed by atoms with E-state index in [1.165, 1.54) is 23.5 Å². The summed E-state index contributed by atoms with van der Waals surface area (Å²) in [6, 6.07) is 0. The topological polar surface area (TPSA) is 72.9 Å². The van der Waals surface area contributed by atoms with E-state index in [0.717, 1.165) is 64.5 Å². The van der Waals surface area contributed by atoms with Crippen LogP contribution in [-0.4, -0.2) is 73.5 Å². The van der Waals surface area contributed by atoms with Crippen molar-refractivity contribution in [1.29, 1.82) is 0 Å². The lowest BCUT2D eigenvalue weighted by Gasteiger charge is -2.36. The molecule has 0 saturated carbocycles. The molecule has 30 heavy (non-hydrogen) atoms. The highest BCUT2D eigenvalue weighted by Gasteiger charge is 2.24. The molecule has 3 heterocycles. The Labute approximate surface area is 185 Å². The standard InChI is InChI=1S/C22H38N6OS/c1-4-21-26-19(16-30-21)15-27-9-5-18(6-10-27)14-25-22(24-3)28-11-7-17(8-12-28)13-20(29)23-2/h16-18H,4-15H2,1-3H3,(H,23,29)(H,24,25). The highest BCUT2D eigenvalue weighted by Crippen LogP contribution is 2.22. The first kappa shape index (κ1) is 23.0. The second-order valence-electron chi connectivity index (χ2n) is 8.54. The van der Waals surface area contributed by atoms with E-state index in [2.05, 4.69) is 37.7 Å². The van der Waals surface area contributed by atoms with E-state index in [1.54, 1.807) is 18.4 Å². The molecule has 1 amide bonds. The van der Waals surface area contributed by atoms with Crippen LogP contribution in [0.1, 0.15) is 49.7 Å². The van der Waals surface area contributed by atoms with E-state index >= 15 is 0 Å². The molecule has 1 aromatic rings. The van der Waals surface area contributed by atoms with Crippen molar-refractivity contribution < 1.29 is 4.79 Å². The quantitative estimate of drug-likeness (QED) is 0.509. The van der Waals surface area contributed by atoms with Gasteiger partial charge < -0.3 is 15.5 Å². The zero-order valence-corrected chi connectivity index (χ0v) is 19.6. The molecule has 7 nitrogen and oxygen atoms in total. The third-order valence-corrected chi connectivity index (χ3v) is 7.46. The maximum absolute atomic E-state index is 11.6. The third-order valence-electron chi connectivity index (χ3n) is 6.42. The molecular weight excluding hydrogens is 396 g/mol. The van der Waals surface area contributed by atoms with Gasteiger partial charge in [-0.3, -0.25) is 14.7 Å². The maximum Gasteiger partial charge on any atom is 0.220 e. The molecule has 168 valence electrons. The molecule has 0 aromatic carbocycles. The number of nitrogens with one attached hydrogen (secondary N) is 2. The van der Waals surface area contributed by atoms with Crippen molar-refractivity contribution >= 4 is 23.2 Å². The van der Waals surface area contributed by atoms with Gasteiger partial charge in [0.05, 0.1) is 10.7 Å². The van der Waals surface area contributed by atoms with Crippen molar-refractivity contribution in [3.8, 4) is 0 Å². The van der Waals surface area contributed by atoms with Gasteiger partial charge in [-0.1, -0.05) is 6.92 Å². The molecule has 0 atom stereocenters. The van der Waals surface area contributed by atoms with E-state index in [9.17, 15) is 4.79 Å². The summed E-state index contributed by atoms with van der Waals surface area (Å²) >= 11 is 1.78. The van der Waals surface area contributed by atoms with Crippen molar-refractivity contribution in [1.82, 2.24) is 25.4 Å². The molecule has 0 radical (unpaired) electrons. The van der Waals surface area contributed by atoms with Crippen molar-refractivity contribution in [2.45, 2.75) is 52.0 Å². The van der Waals surface area contributed by atoms with E-state index in [4.69, 9.17) is 4.98 Å². The van der Waals surface area contributed by atoms with Crippen LogP contribution in [0.5, 0.6) is 0 Å². The number of aromatic nitrogens is 1. The highest BCUT2D eigenvalue weighted by molar-refractivity contribution is 7.09.